The summed E-state index contributed by atoms with van der Waals surface area (Å²) in [6.45, 7) is 4.25. The molecule has 2 atom stereocenters. The van der Waals surface area contributed by atoms with Gasteiger partial charge in [-0.3, -0.25) is 0 Å². The maximum Gasteiger partial charge on any atom is 0.387 e. The third-order valence-electron chi connectivity index (χ3n) is 5.66. The maximum absolute atomic E-state index is 12.9. The zero-order chi connectivity index (χ0) is 20.4. The minimum absolute atomic E-state index is 0.0800. The number of rotatable bonds is 5. The highest BCUT2D eigenvalue weighted by molar-refractivity contribution is 6.10. The molecule has 1 aromatic rings. The van der Waals surface area contributed by atoms with Crippen molar-refractivity contribution in [2.75, 3.05) is 19.6 Å². The average Bonchev–Trinajstić information content (AvgIpc) is 3.19. The van der Waals surface area contributed by atoms with Crippen molar-refractivity contribution >= 4 is 11.7 Å². The van der Waals surface area contributed by atoms with Crippen molar-refractivity contribution in [3.8, 4) is 5.75 Å². The van der Waals surface area contributed by atoms with Crippen LogP contribution in [0.25, 0.3) is 0 Å². The lowest BCUT2D eigenvalue weighted by Crippen LogP contribution is -2.50. The molecule has 0 bridgehead atoms. The summed E-state index contributed by atoms with van der Waals surface area (Å²) in [5.74, 6) is 0.873. The van der Waals surface area contributed by atoms with Crippen LogP contribution in [0.3, 0.4) is 0 Å². The molecule has 1 fully saturated rings. The molecule has 1 aromatic carbocycles. The maximum atomic E-state index is 12.9. The lowest BCUT2D eigenvalue weighted by Gasteiger charge is -2.35. The number of halogens is 2. The number of nitrogens with zero attached hydrogens (tertiary/aromatic N) is 4. The van der Waals surface area contributed by atoms with Gasteiger partial charge in [-0.15, -0.1) is 0 Å². The Kier molecular flexibility index (Phi) is 5.80. The molecule has 0 saturated carbocycles. The molecular weight excluding hydrogens is 376 g/mol. The smallest absolute Gasteiger partial charge is 0.387 e. The topological polar surface area (TPSA) is 52.5 Å². The highest BCUT2D eigenvalue weighted by Crippen LogP contribution is 2.30. The van der Waals surface area contributed by atoms with Crippen molar-refractivity contribution in [1.82, 2.24) is 15.2 Å². The van der Waals surface area contributed by atoms with Crippen LogP contribution in [0.15, 0.2) is 40.6 Å². The van der Waals surface area contributed by atoms with Gasteiger partial charge in [-0.2, -0.15) is 13.9 Å². The lowest BCUT2D eigenvalue weighted by atomic mass is 9.98. The molecule has 3 heterocycles. The summed E-state index contributed by atoms with van der Waals surface area (Å²) in [6.07, 6.45) is 7.00. The molecule has 3 aliphatic rings. The first kappa shape index (κ1) is 19.8. The second-order valence-electron chi connectivity index (χ2n) is 7.67. The van der Waals surface area contributed by atoms with E-state index in [4.69, 9.17) is 9.73 Å². The number of hydrogen-bond acceptors (Lipinski definition) is 4. The first-order chi connectivity index (χ1) is 14.0. The molecule has 2 unspecified atom stereocenters. The average molecular weight is 403 g/mol. The third-order valence-corrected chi connectivity index (χ3v) is 5.66. The number of alkyl halides is 2. The Morgan fingerprint density at radius 1 is 1.38 bits per heavy atom. The zero-order valence-electron chi connectivity index (χ0n) is 16.8. The van der Waals surface area contributed by atoms with Crippen LogP contribution in [0.4, 0.5) is 8.78 Å². The number of benzene rings is 1. The van der Waals surface area contributed by atoms with Crippen LogP contribution < -0.4 is 10.2 Å². The van der Waals surface area contributed by atoms with Gasteiger partial charge in [0, 0.05) is 18.3 Å². The van der Waals surface area contributed by atoms with Gasteiger partial charge in [0.25, 0.3) is 0 Å². The minimum atomic E-state index is -2.88. The Morgan fingerprint density at radius 3 is 3.03 bits per heavy atom. The van der Waals surface area contributed by atoms with E-state index in [-0.39, 0.29) is 17.8 Å². The number of ether oxygens (including phenoxy) is 1. The predicted molar refractivity (Wildman–Crippen MR) is 109 cm³/mol. The summed E-state index contributed by atoms with van der Waals surface area (Å²) >= 11 is 0. The van der Waals surface area contributed by atoms with Crippen molar-refractivity contribution in [2.45, 2.75) is 51.8 Å². The van der Waals surface area contributed by atoms with Crippen molar-refractivity contribution in [1.29, 1.82) is 0 Å². The van der Waals surface area contributed by atoms with E-state index in [0.717, 1.165) is 50.4 Å². The summed E-state index contributed by atoms with van der Waals surface area (Å²) in [7, 11) is 0. The van der Waals surface area contributed by atoms with Gasteiger partial charge in [0.15, 0.2) is 0 Å². The summed E-state index contributed by atoms with van der Waals surface area (Å²) in [4.78, 5) is 9.39. The largest absolute Gasteiger partial charge is 0.434 e. The SMILES string of the molecule is CCN1CCCC(N=C2NN=C(c3ccc(C)cc3OC(F)F)C3CC=CN23)C1. The molecule has 6 nitrogen and oxygen atoms in total. The predicted octanol–water partition coefficient (Wildman–Crippen LogP) is 3.33. The standard InChI is InChI=1S/C21H27F2N5O/c1-3-27-10-4-6-15(13-27)24-21-26-25-19(17-7-5-11-28(17)21)16-9-8-14(2)12-18(16)29-20(22)23/h5,8-9,11-12,15,17,20H,3-4,6-7,10,13H2,1-2H3,(H,24,26). The second kappa shape index (κ2) is 8.49. The van der Waals surface area contributed by atoms with E-state index in [1.54, 1.807) is 12.1 Å². The number of likely N-dealkylation sites (tertiary alicyclic amines) is 1. The zero-order valence-corrected chi connectivity index (χ0v) is 16.8. The summed E-state index contributed by atoms with van der Waals surface area (Å²) in [5, 5.41) is 4.54. The number of hydrogen-bond donors (Lipinski definition) is 1. The van der Waals surface area contributed by atoms with E-state index in [1.807, 2.05) is 19.2 Å². The first-order valence-corrected chi connectivity index (χ1v) is 10.2. The van der Waals surface area contributed by atoms with Crippen LogP contribution >= 0.6 is 0 Å². The van der Waals surface area contributed by atoms with Crippen LogP contribution in [0.1, 0.15) is 37.3 Å². The Hall–Kier alpha value is -2.48. The quantitative estimate of drug-likeness (QED) is 0.820. The van der Waals surface area contributed by atoms with E-state index < -0.39 is 6.61 Å². The fraction of sp³-hybridized carbons (Fsp3) is 0.524. The van der Waals surface area contributed by atoms with E-state index in [1.165, 1.54) is 0 Å². The summed E-state index contributed by atoms with van der Waals surface area (Å²) < 4.78 is 30.6. The van der Waals surface area contributed by atoms with E-state index >= 15 is 0 Å². The monoisotopic (exact) mass is 403 g/mol. The molecule has 0 spiro atoms. The number of guanidine groups is 1. The molecule has 0 radical (unpaired) electrons. The Balaban J connectivity index is 1.62. The molecule has 4 rings (SSSR count). The van der Waals surface area contributed by atoms with Crippen LogP contribution in [0.2, 0.25) is 0 Å². The molecule has 0 amide bonds. The number of hydrazone groups is 1. The van der Waals surface area contributed by atoms with Gasteiger partial charge in [0.2, 0.25) is 5.96 Å². The van der Waals surface area contributed by atoms with Crippen molar-refractivity contribution in [3.05, 3.63) is 41.6 Å². The van der Waals surface area contributed by atoms with Gasteiger partial charge >= 0.3 is 6.61 Å². The summed E-state index contributed by atoms with van der Waals surface area (Å²) in [6, 6.07) is 5.46. The number of likely N-dealkylation sites (N-methyl/N-ethyl adjacent to an activating group) is 1. The Bertz CT molecular complexity index is 838. The molecule has 29 heavy (non-hydrogen) atoms. The number of piperidine rings is 1. The van der Waals surface area contributed by atoms with Crippen molar-refractivity contribution < 1.29 is 13.5 Å². The van der Waals surface area contributed by atoms with Crippen LogP contribution in [0, 0.1) is 6.92 Å². The van der Waals surface area contributed by atoms with Crippen LogP contribution in [-0.4, -0.2) is 59.8 Å². The van der Waals surface area contributed by atoms with Crippen LogP contribution in [-0.2, 0) is 0 Å². The first-order valence-electron chi connectivity index (χ1n) is 10.2. The third kappa shape index (κ3) is 4.27. The van der Waals surface area contributed by atoms with E-state index in [2.05, 4.69) is 33.3 Å². The van der Waals surface area contributed by atoms with Crippen molar-refractivity contribution in [3.63, 3.8) is 0 Å². The van der Waals surface area contributed by atoms with Gasteiger partial charge < -0.3 is 14.5 Å². The van der Waals surface area contributed by atoms with E-state index in [0.29, 0.717) is 11.3 Å². The van der Waals surface area contributed by atoms with Gasteiger partial charge in [-0.05, 0) is 57.0 Å². The van der Waals surface area contributed by atoms with Gasteiger partial charge in [0.1, 0.15) is 5.75 Å². The molecular formula is C21H27F2N5O. The second-order valence-corrected chi connectivity index (χ2v) is 7.67. The number of fused-ring (bicyclic) bond motifs is 1. The highest BCUT2D eigenvalue weighted by atomic mass is 19.3. The molecule has 0 aliphatic carbocycles. The molecule has 1 N–H and O–H groups in total. The van der Waals surface area contributed by atoms with Gasteiger partial charge in [0.05, 0.1) is 17.8 Å². The number of aliphatic imine (C=N–C) groups is 1. The molecule has 1 saturated heterocycles. The fourth-order valence-corrected chi connectivity index (χ4v) is 4.19. The number of aryl methyl sites for hydroxylation is 1. The Morgan fingerprint density at radius 2 is 2.24 bits per heavy atom. The Labute approximate surface area is 169 Å². The molecule has 8 heteroatoms. The molecule has 156 valence electrons. The fourth-order valence-electron chi connectivity index (χ4n) is 4.19. The normalized spacial score (nSPS) is 25.9. The van der Waals surface area contributed by atoms with Gasteiger partial charge in [-0.25, -0.2) is 10.4 Å². The minimum Gasteiger partial charge on any atom is -0.434 e. The van der Waals surface area contributed by atoms with E-state index in [9.17, 15) is 8.78 Å². The van der Waals surface area contributed by atoms with Gasteiger partial charge in [-0.1, -0.05) is 19.1 Å². The van der Waals surface area contributed by atoms with Crippen LogP contribution in [0.5, 0.6) is 5.75 Å². The van der Waals surface area contributed by atoms with Crippen molar-refractivity contribution in [2.24, 2.45) is 10.1 Å². The molecule has 3 aliphatic heterocycles. The highest BCUT2D eigenvalue weighted by Gasteiger charge is 2.35. The number of nitrogens with one attached hydrogen (secondary N) is 1. The summed E-state index contributed by atoms with van der Waals surface area (Å²) in [5.41, 5.74) is 5.19. The molecule has 0 aromatic heterocycles. The lowest BCUT2D eigenvalue weighted by molar-refractivity contribution is -0.0500.